The second-order valence-corrected chi connectivity index (χ2v) is 6.96. The van der Waals surface area contributed by atoms with Gasteiger partial charge in [-0.2, -0.15) is 0 Å². The van der Waals surface area contributed by atoms with Crippen LogP contribution in [-0.2, 0) is 6.61 Å². The number of hydrogen-bond acceptors (Lipinski definition) is 7. The fourth-order valence-corrected chi connectivity index (χ4v) is 3.24. The third-order valence-electron chi connectivity index (χ3n) is 4.93. The molecule has 3 rings (SSSR count). The minimum absolute atomic E-state index is 0.325. The van der Waals surface area contributed by atoms with Crippen molar-refractivity contribution in [1.29, 1.82) is 0 Å². The average Bonchev–Trinajstić information content (AvgIpc) is 2.85. The second kappa shape index (κ2) is 11.3. The van der Waals surface area contributed by atoms with Crippen LogP contribution in [0.15, 0.2) is 66.7 Å². The summed E-state index contributed by atoms with van der Waals surface area (Å²) in [6.45, 7) is -0.0955. The smallest absolute Gasteiger partial charge is 0.203 e. The first kappa shape index (κ1) is 23.2. The molecule has 0 heterocycles. The van der Waals surface area contributed by atoms with Gasteiger partial charge in [0, 0.05) is 0 Å². The molecule has 0 aliphatic rings. The van der Waals surface area contributed by atoms with Crippen LogP contribution in [0.1, 0.15) is 17.2 Å². The molecular weight excluding hydrogens is 412 g/mol. The lowest BCUT2D eigenvalue weighted by molar-refractivity contribution is -0.000624. The molecule has 0 bridgehead atoms. The van der Waals surface area contributed by atoms with Gasteiger partial charge in [-0.3, -0.25) is 0 Å². The predicted octanol–water partition coefficient (Wildman–Crippen LogP) is 3.76. The Bertz CT molecular complexity index is 966. The number of aliphatic hydroxyl groups excluding tert-OH is 2. The van der Waals surface area contributed by atoms with Crippen molar-refractivity contribution in [3.8, 4) is 28.7 Å². The van der Waals surface area contributed by atoms with Crippen LogP contribution in [0.4, 0.5) is 0 Å². The zero-order valence-electron chi connectivity index (χ0n) is 18.4. The summed E-state index contributed by atoms with van der Waals surface area (Å²) in [4.78, 5) is 0. The van der Waals surface area contributed by atoms with Crippen LogP contribution in [-0.4, -0.2) is 44.3 Å². The van der Waals surface area contributed by atoms with E-state index in [9.17, 15) is 10.2 Å². The molecule has 32 heavy (non-hydrogen) atoms. The van der Waals surface area contributed by atoms with Crippen LogP contribution in [0.2, 0.25) is 0 Å². The van der Waals surface area contributed by atoms with E-state index >= 15 is 0 Å². The van der Waals surface area contributed by atoms with E-state index in [1.807, 2.05) is 30.3 Å². The third-order valence-corrected chi connectivity index (χ3v) is 4.93. The summed E-state index contributed by atoms with van der Waals surface area (Å²) < 4.78 is 28.1. The molecule has 0 spiro atoms. The van der Waals surface area contributed by atoms with Crippen LogP contribution < -0.4 is 23.7 Å². The predicted molar refractivity (Wildman–Crippen MR) is 120 cm³/mol. The fraction of sp³-hybridized carbons (Fsp3) is 0.280. The largest absolute Gasteiger partial charge is 0.493 e. The van der Waals surface area contributed by atoms with Crippen LogP contribution in [0.3, 0.4) is 0 Å². The van der Waals surface area contributed by atoms with Gasteiger partial charge in [0.2, 0.25) is 5.75 Å². The zero-order valence-corrected chi connectivity index (χ0v) is 18.4. The Balaban J connectivity index is 1.85. The molecule has 7 heteroatoms. The molecule has 0 aromatic heterocycles. The molecule has 2 unspecified atom stereocenters. The van der Waals surface area contributed by atoms with Crippen LogP contribution >= 0.6 is 0 Å². The summed E-state index contributed by atoms with van der Waals surface area (Å²) in [5.74, 6) is 2.11. The van der Waals surface area contributed by atoms with E-state index in [0.29, 0.717) is 40.9 Å². The molecule has 3 aromatic carbocycles. The third kappa shape index (κ3) is 5.43. The number of ether oxygens (including phenoxy) is 5. The highest BCUT2D eigenvalue weighted by Gasteiger charge is 2.26. The van der Waals surface area contributed by atoms with Crippen molar-refractivity contribution in [2.45, 2.75) is 18.8 Å². The van der Waals surface area contributed by atoms with Crippen molar-refractivity contribution in [3.63, 3.8) is 0 Å². The molecule has 0 saturated heterocycles. The van der Waals surface area contributed by atoms with Gasteiger partial charge in [0.1, 0.15) is 12.7 Å². The summed E-state index contributed by atoms with van der Waals surface area (Å²) in [5.41, 5.74) is 1.44. The van der Waals surface area contributed by atoms with Gasteiger partial charge in [0.25, 0.3) is 0 Å². The fourth-order valence-electron chi connectivity index (χ4n) is 3.24. The number of methoxy groups -OCH3 is 3. The quantitative estimate of drug-likeness (QED) is 0.469. The Morgan fingerprint density at radius 2 is 1.31 bits per heavy atom. The van der Waals surface area contributed by atoms with Crippen LogP contribution in [0.25, 0.3) is 0 Å². The van der Waals surface area contributed by atoms with Gasteiger partial charge in [-0.15, -0.1) is 0 Å². The number of aliphatic hydroxyl groups is 2. The second-order valence-electron chi connectivity index (χ2n) is 6.96. The molecule has 7 nitrogen and oxygen atoms in total. The van der Waals surface area contributed by atoms with Crippen LogP contribution in [0, 0.1) is 0 Å². The Labute approximate surface area is 187 Å². The molecule has 170 valence electrons. The van der Waals surface area contributed by atoms with Crippen LogP contribution in [0.5, 0.6) is 28.7 Å². The number of benzene rings is 3. The average molecular weight is 440 g/mol. The Hall–Kier alpha value is -3.42. The first-order chi connectivity index (χ1) is 15.6. The van der Waals surface area contributed by atoms with E-state index in [1.54, 1.807) is 36.4 Å². The molecule has 0 aliphatic carbocycles. The van der Waals surface area contributed by atoms with Gasteiger partial charge in [-0.1, -0.05) is 42.5 Å². The van der Waals surface area contributed by atoms with Gasteiger partial charge in [0.05, 0.1) is 27.9 Å². The molecule has 2 atom stereocenters. The molecule has 0 aliphatic heterocycles. The van der Waals surface area contributed by atoms with Crippen molar-refractivity contribution >= 4 is 0 Å². The van der Waals surface area contributed by atoms with E-state index in [0.717, 1.165) is 5.56 Å². The minimum Gasteiger partial charge on any atom is -0.493 e. The van der Waals surface area contributed by atoms with Crippen molar-refractivity contribution < 1.29 is 33.9 Å². The molecule has 2 N–H and O–H groups in total. The normalized spacial score (nSPS) is 12.5. The maximum absolute atomic E-state index is 11.0. The molecule has 0 amide bonds. The number of para-hydroxylation sites is 2. The number of hydrogen-bond donors (Lipinski definition) is 2. The summed E-state index contributed by atoms with van der Waals surface area (Å²) in [6, 6.07) is 20.0. The Morgan fingerprint density at radius 3 is 1.88 bits per heavy atom. The van der Waals surface area contributed by atoms with E-state index < -0.39 is 18.8 Å². The van der Waals surface area contributed by atoms with E-state index in [4.69, 9.17) is 23.7 Å². The van der Waals surface area contributed by atoms with E-state index in [1.165, 1.54) is 21.3 Å². The maximum Gasteiger partial charge on any atom is 0.203 e. The highest BCUT2D eigenvalue weighted by Crippen LogP contribution is 2.41. The Kier molecular flexibility index (Phi) is 8.19. The number of rotatable bonds is 11. The van der Waals surface area contributed by atoms with E-state index in [-0.39, 0.29) is 0 Å². The van der Waals surface area contributed by atoms with Crippen molar-refractivity contribution in [3.05, 3.63) is 77.9 Å². The summed E-state index contributed by atoms with van der Waals surface area (Å²) in [5, 5.41) is 20.9. The van der Waals surface area contributed by atoms with Gasteiger partial charge >= 0.3 is 0 Å². The van der Waals surface area contributed by atoms with Gasteiger partial charge in [0.15, 0.2) is 29.1 Å². The maximum atomic E-state index is 11.0. The molecule has 0 fully saturated rings. The topological polar surface area (TPSA) is 86.6 Å². The van der Waals surface area contributed by atoms with Crippen molar-refractivity contribution in [2.75, 3.05) is 27.9 Å². The van der Waals surface area contributed by atoms with Gasteiger partial charge in [-0.05, 0) is 35.4 Å². The Morgan fingerprint density at radius 1 is 0.750 bits per heavy atom. The van der Waals surface area contributed by atoms with E-state index in [2.05, 4.69) is 0 Å². The molecule has 0 radical (unpaired) electrons. The summed E-state index contributed by atoms with van der Waals surface area (Å²) in [7, 11) is 4.54. The first-order valence-corrected chi connectivity index (χ1v) is 10.1. The lowest BCUT2D eigenvalue weighted by Crippen LogP contribution is -2.29. The SMILES string of the molecule is COc1ccccc1OC(CO)C(O)c1cc(OC)c(OCc2ccccc2)c(OC)c1. The van der Waals surface area contributed by atoms with Crippen molar-refractivity contribution in [1.82, 2.24) is 0 Å². The summed E-state index contributed by atoms with van der Waals surface area (Å²) >= 11 is 0. The standard InChI is InChI=1S/C25H28O7/c1-28-19-11-7-8-12-20(19)32-23(15-26)24(27)18-13-21(29-2)25(22(14-18)30-3)31-16-17-9-5-4-6-10-17/h4-14,23-24,26-27H,15-16H2,1-3H3. The zero-order chi connectivity index (χ0) is 22.9. The van der Waals surface area contributed by atoms with Crippen molar-refractivity contribution in [2.24, 2.45) is 0 Å². The molecule has 3 aromatic rings. The first-order valence-electron chi connectivity index (χ1n) is 10.1. The molecular formula is C25H28O7. The lowest BCUT2D eigenvalue weighted by Gasteiger charge is -2.25. The highest BCUT2D eigenvalue weighted by atomic mass is 16.5. The minimum atomic E-state index is -1.17. The summed E-state index contributed by atoms with van der Waals surface area (Å²) in [6.07, 6.45) is -2.12. The van der Waals surface area contributed by atoms with Gasteiger partial charge in [-0.25, -0.2) is 0 Å². The monoisotopic (exact) mass is 440 g/mol. The molecule has 0 saturated carbocycles. The highest BCUT2D eigenvalue weighted by molar-refractivity contribution is 5.54. The lowest BCUT2D eigenvalue weighted by atomic mass is 10.0. The van der Waals surface area contributed by atoms with Gasteiger partial charge < -0.3 is 33.9 Å².